The minimum Gasteiger partial charge on any atom is -0.318 e. The fourth-order valence-corrected chi connectivity index (χ4v) is 4.13. The van der Waals surface area contributed by atoms with Gasteiger partial charge in [0.1, 0.15) is 5.54 Å². The van der Waals surface area contributed by atoms with Crippen molar-refractivity contribution in [2.75, 3.05) is 0 Å². The lowest BCUT2D eigenvalue weighted by atomic mass is 9.87. The molecule has 0 spiro atoms. The van der Waals surface area contributed by atoms with Crippen LogP contribution in [0.3, 0.4) is 0 Å². The van der Waals surface area contributed by atoms with E-state index in [2.05, 4.69) is 15.7 Å². The normalized spacial score (nSPS) is 17.9. The molecule has 3 aromatic rings. The fraction of sp³-hybridized carbons (Fsp3) is 0.292. The Bertz CT molecular complexity index is 1290. The number of imide groups is 1. The van der Waals surface area contributed by atoms with Crippen LogP contribution in [0, 0.1) is 6.92 Å². The first kappa shape index (κ1) is 22.2. The van der Waals surface area contributed by atoms with Crippen LogP contribution in [0.2, 0.25) is 0 Å². The SMILES string of the molecule is CCC1(c2ccccc2)NC(=O)N(NC(=O)CCCn2cnc3c(C)cccc3c2=O)C1=O. The van der Waals surface area contributed by atoms with Crippen molar-refractivity contribution in [3.8, 4) is 0 Å². The first-order chi connectivity index (χ1) is 15.9. The second-order valence-corrected chi connectivity index (χ2v) is 8.05. The minimum atomic E-state index is -1.21. The van der Waals surface area contributed by atoms with Crippen molar-refractivity contribution in [1.29, 1.82) is 0 Å². The van der Waals surface area contributed by atoms with E-state index in [0.29, 0.717) is 29.3 Å². The van der Waals surface area contributed by atoms with Crippen LogP contribution in [0.1, 0.15) is 37.3 Å². The number of urea groups is 1. The van der Waals surface area contributed by atoms with Gasteiger partial charge in [-0.15, -0.1) is 0 Å². The molecule has 0 bridgehead atoms. The summed E-state index contributed by atoms with van der Waals surface area (Å²) >= 11 is 0. The van der Waals surface area contributed by atoms with E-state index in [-0.39, 0.29) is 18.5 Å². The number of amides is 4. The van der Waals surface area contributed by atoms with Crippen molar-refractivity contribution < 1.29 is 14.4 Å². The predicted octanol–water partition coefficient (Wildman–Crippen LogP) is 2.37. The highest BCUT2D eigenvalue weighted by molar-refractivity contribution is 6.08. The summed E-state index contributed by atoms with van der Waals surface area (Å²) in [6.07, 6.45) is 2.18. The van der Waals surface area contributed by atoms with Gasteiger partial charge in [0.05, 0.1) is 17.2 Å². The summed E-state index contributed by atoms with van der Waals surface area (Å²) in [7, 11) is 0. The third-order valence-electron chi connectivity index (χ3n) is 5.98. The molecule has 1 fully saturated rings. The van der Waals surface area contributed by atoms with Gasteiger partial charge >= 0.3 is 6.03 Å². The Morgan fingerprint density at radius 2 is 1.85 bits per heavy atom. The quantitative estimate of drug-likeness (QED) is 0.540. The third kappa shape index (κ3) is 3.97. The lowest BCUT2D eigenvalue weighted by molar-refractivity contribution is -0.139. The maximum Gasteiger partial charge on any atom is 0.344 e. The number of fused-ring (bicyclic) bond motifs is 1. The average Bonchev–Trinajstić information content (AvgIpc) is 3.06. The third-order valence-corrected chi connectivity index (χ3v) is 5.98. The maximum absolute atomic E-state index is 13.1. The number of rotatable bonds is 7. The van der Waals surface area contributed by atoms with Crippen LogP contribution in [-0.4, -0.2) is 32.4 Å². The zero-order chi connectivity index (χ0) is 23.6. The Labute approximate surface area is 190 Å². The molecule has 9 heteroatoms. The summed E-state index contributed by atoms with van der Waals surface area (Å²) in [4.78, 5) is 55.1. The first-order valence-corrected chi connectivity index (χ1v) is 10.8. The van der Waals surface area contributed by atoms with Gasteiger partial charge in [0.2, 0.25) is 5.91 Å². The molecule has 4 rings (SSSR count). The van der Waals surface area contributed by atoms with Gasteiger partial charge in [-0.25, -0.2) is 9.78 Å². The number of carbonyl (C=O) groups excluding carboxylic acids is 3. The number of para-hydroxylation sites is 1. The van der Waals surface area contributed by atoms with E-state index >= 15 is 0 Å². The van der Waals surface area contributed by atoms with E-state index in [0.717, 1.165) is 10.6 Å². The Balaban J connectivity index is 1.40. The number of benzene rings is 2. The van der Waals surface area contributed by atoms with Gasteiger partial charge in [-0.1, -0.05) is 49.4 Å². The van der Waals surface area contributed by atoms with E-state index in [4.69, 9.17) is 0 Å². The van der Waals surface area contributed by atoms with Crippen molar-refractivity contribution in [3.63, 3.8) is 0 Å². The molecule has 0 radical (unpaired) electrons. The van der Waals surface area contributed by atoms with Gasteiger partial charge in [-0.3, -0.25) is 24.4 Å². The highest BCUT2D eigenvalue weighted by atomic mass is 16.2. The molecule has 1 saturated heterocycles. The summed E-state index contributed by atoms with van der Waals surface area (Å²) < 4.78 is 1.46. The fourth-order valence-electron chi connectivity index (χ4n) is 4.13. The lowest BCUT2D eigenvalue weighted by Crippen LogP contribution is -2.48. The predicted molar refractivity (Wildman–Crippen MR) is 122 cm³/mol. The zero-order valence-electron chi connectivity index (χ0n) is 18.5. The molecular formula is C24H25N5O4. The molecule has 2 aromatic carbocycles. The summed E-state index contributed by atoms with van der Waals surface area (Å²) in [6, 6.07) is 13.7. The number of hydrazine groups is 1. The van der Waals surface area contributed by atoms with Crippen molar-refractivity contribution in [2.45, 2.75) is 45.2 Å². The standard InChI is InChI=1S/C24H25N5O4/c1-3-24(17-10-5-4-6-11-17)22(32)29(23(33)26-24)27-19(30)13-8-14-28-15-25-20-16(2)9-7-12-18(20)21(28)31/h4-7,9-12,15H,3,8,13-14H2,1-2H3,(H,26,33)(H,27,30). The number of hydrogen-bond donors (Lipinski definition) is 2. The van der Waals surface area contributed by atoms with E-state index in [9.17, 15) is 19.2 Å². The van der Waals surface area contributed by atoms with Crippen LogP contribution in [0.25, 0.3) is 10.9 Å². The summed E-state index contributed by atoms with van der Waals surface area (Å²) in [5.74, 6) is -1.02. The summed E-state index contributed by atoms with van der Waals surface area (Å²) in [6.45, 7) is 3.98. The van der Waals surface area contributed by atoms with Gasteiger partial charge in [0.25, 0.3) is 11.5 Å². The lowest BCUT2D eigenvalue weighted by Gasteiger charge is -2.25. The second-order valence-electron chi connectivity index (χ2n) is 8.05. The van der Waals surface area contributed by atoms with Crippen LogP contribution in [0.15, 0.2) is 59.7 Å². The molecular weight excluding hydrogens is 422 g/mol. The number of carbonyl (C=O) groups is 3. The Morgan fingerprint density at radius 3 is 2.58 bits per heavy atom. The van der Waals surface area contributed by atoms with E-state index < -0.39 is 23.4 Å². The van der Waals surface area contributed by atoms with Crippen LogP contribution in [0.5, 0.6) is 0 Å². The molecule has 2 heterocycles. The Hall–Kier alpha value is -4.01. The first-order valence-electron chi connectivity index (χ1n) is 10.8. The summed E-state index contributed by atoms with van der Waals surface area (Å²) in [5, 5.41) is 3.99. The molecule has 1 atom stereocenters. The Kier molecular flexibility index (Phi) is 5.95. The van der Waals surface area contributed by atoms with Gasteiger partial charge in [-0.2, -0.15) is 5.01 Å². The van der Waals surface area contributed by atoms with E-state index in [1.54, 1.807) is 37.3 Å². The topological polar surface area (TPSA) is 113 Å². The average molecular weight is 447 g/mol. The van der Waals surface area contributed by atoms with Crippen LogP contribution in [-0.2, 0) is 21.7 Å². The number of nitrogens with one attached hydrogen (secondary N) is 2. The Morgan fingerprint density at radius 1 is 1.09 bits per heavy atom. The molecule has 170 valence electrons. The number of aryl methyl sites for hydroxylation is 2. The van der Waals surface area contributed by atoms with Gasteiger partial charge in [0, 0.05) is 13.0 Å². The smallest absolute Gasteiger partial charge is 0.318 e. The van der Waals surface area contributed by atoms with Gasteiger partial charge in [-0.05, 0) is 37.0 Å². The van der Waals surface area contributed by atoms with Crippen molar-refractivity contribution in [3.05, 3.63) is 76.3 Å². The number of nitrogens with zero attached hydrogens (tertiary/aromatic N) is 3. The highest BCUT2D eigenvalue weighted by Crippen LogP contribution is 2.31. The van der Waals surface area contributed by atoms with Crippen molar-refractivity contribution in [1.82, 2.24) is 25.3 Å². The largest absolute Gasteiger partial charge is 0.344 e. The van der Waals surface area contributed by atoms with Gasteiger partial charge in [0.15, 0.2) is 0 Å². The van der Waals surface area contributed by atoms with Crippen molar-refractivity contribution in [2.24, 2.45) is 0 Å². The summed E-state index contributed by atoms with van der Waals surface area (Å²) in [5.41, 5.74) is 3.25. The molecule has 2 N–H and O–H groups in total. The molecule has 9 nitrogen and oxygen atoms in total. The zero-order valence-corrected chi connectivity index (χ0v) is 18.5. The van der Waals surface area contributed by atoms with Crippen LogP contribution >= 0.6 is 0 Å². The van der Waals surface area contributed by atoms with E-state index in [1.807, 2.05) is 25.1 Å². The van der Waals surface area contributed by atoms with E-state index in [1.165, 1.54) is 10.9 Å². The van der Waals surface area contributed by atoms with Gasteiger partial charge < -0.3 is 5.32 Å². The van der Waals surface area contributed by atoms with Crippen molar-refractivity contribution >= 4 is 28.7 Å². The second kappa shape index (κ2) is 8.85. The highest BCUT2D eigenvalue weighted by Gasteiger charge is 2.52. The molecule has 1 aliphatic rings. The van der Waals surface area contributed by atoms with Crippen LogP contribution in [0.4, 0.5) is 4.79 Å². The monoisotopic (exact) mass is 447 g/mol. The molecule has 0 saturated carbocycles. The maximum atomic E-state index is 13.1. The number of aromatic nitrogens is 2. The molecule has 1 aromatic heterocycles. The molecule has 1 unspecified atom stereocenters. The number of hydrogen-bond acceptors (Lipinski definition) is 5. The molecule has 33 heavy (non-hydrogen) atoms. The van der Waals surface area contributed by atoms with Crippen LogP contribution < -0.4 is 16.3 Å². The molecule has 4 amide bonds. The molecule has 0 aliphatic carbocycles. The minimum absolute atomic E-state index is 0.0276. The molecule has 1 aliphatic heterocycles.